The number of rotatable bonds is 7. The highest BCUT2D eigenvalue weighted by atomic mass is 16.5. The van der Waals surface area contributed by atoms with E-state index in [0.29, 0.717) is 41.7 Å². The number of hydrogen-bond acceptors (Lipinski definition) is 6. The van der Waals surface area contributed by atoms with E-state index >= 15 is 0 Å². The van der Waals surface area contributed by atoms with Crippen LogP contribution in [-0.2, 0) is 0 Å². The number of aromatic nitrogens is 3. The lowest BCUT2D eigenvalue weighted by atomic mass is 10.1. The third-order valence-corrected chi connectivity index (χ3v) is 6.24. The van der Waals surface area contributed by atoms with Gasteiger partial charge in [0.15, 0.2) is 17.3 Å². The Morgan fingerprint density at radius 1 is 0.865 bits per heavy atom. The third kappa shape index (κ3) is 4.88. The van der Waals surface area contributed by atoms with Gasteiger partial charge in [0.1, 0.15) is 0 Å². The highest BCUT2D eigenvalue weighted by molar-refractivity contribution is 6.08. The van der Waals surface area contributed by atoms with Crippen LogP contribution in [0.3, 0.4) is 0 Å². The molecule has 9 nitrogen and oxygen atoms in total. The Balaban J connectivity index is 1.54. The van der Waals surface area contributed by atoms with Crippen LogP contribution in [0.25, 0.3) is 17.1 Å². The van der Waals surface area contributed by atoms with Crippen molar-refractivity contribution in [3.8, 4) is 28.6 Å². The standard InChI is InChI=1S/C28H27N5O4/c1-36-23-17-21(28(35)32-15-9-10-16-32)22(18-24(23)37-2)29-27(34)25-30-26(19-11-5-3-6-12-19)33(31-25)20-13-7-4-8-14-20/h3-8,11-14,17-18H,9-10,15-16H2,1-2H3,(H,29,34). The normalized spacial score (nSPS) is 12.9. The SMILES string of the molecule is COc1cc(NC(=O)c2nc(-c3ccccc3)n(-c3ccccc3)n2)c(C(=O)N2CCCC2)cc1OC. The van der Waals surface area contributed by atoms with E-state index in [1.54, 1.807) is 21.7 Å². The Morgan fingerprint density at radius 2 is 1.49 bits per heavy atom. The molecule has 0 aliphatic carbocycles. The Hall–Kier alpha value is -4.66. The van der Waals surface area contributed by atoms with E-state index < -0.39 is 5.91 Å². The molecule has 9 heteroatoms. The first-order chi connectivity index (χ1) is 18.1. The summed E-state index contributed by atoms with van der Waals surface area (Å²) in [5, 5.41) is 7.36. The van der Waals surface area contributed by atoms with Gasteiger partial charge in [0, 0.05) is 24.7 Å². The molecule has 37 heavy (non-hydrogen) atoms. The lowest BCUT2D eigenvalue weighted by Gasteiger charge is -2.19. The highest BCUT2D eigenvalue weighted by Gasteiger charge is 2.26. The van der Waals surface area contributed by atoms with Crippen molar-refractivity contribution in [1.82, 2.24) is 19.7 Å². The Morgan fingerprint density at radius 3 is 2.14 bits per heavy atom. The van der Waals surface area contributed by atoms with Gasteiger partial charge in [0.05, 0.1) is 31.2 Å². The molecule has 2 amide bonds. The second kappa shape index (κ2) is 10.5. The minimum atomic E-state index is -0.547. The molecule has 0 unspecified atom stereocenters. The van der Waals surface area contributed by atoms with Gasteiger partial charge in [-0.1, -0.05) is 48.5 Å². The topological polar surface area (TPSA) is 98.6 Å². The number of carbonyl (C=O) groups excluding carboxylic acids is 2. The largest absolute Gasteiger partial charge is 0.493 e. The number of anilines is 1. The van der Waals surface area contributed by atoms with Crippen LogP contribution < -0.4 is 14.8 Å². The van der Waals surface area contributed by atoms with Crippen LogP contribution in [0, 0.1) is 0 Å². The summed E-state index contributed by atoms with van der Waals surface area (Å²) in [5.41, 5.74) is 2.20. The third-order valence-electron chi connectivity index (χ3n) is 6.24. The van der Waals surface area contributed by atoms with Gasteiger partial charge in [-0.15, -0.1) is 5.10 Å². The zero-order valence-electron chi connectivity index (χ0n) is 20.7. The maximum absolute atomic E-state index is 13.4. The van der Waals surface area contributed by atoms with Gasteiger partial charge in [-0.25, -0.2) is 9.67 Å². The van der Waals surface area contributed by atoms with Crippen LogP contribution in [-0.4, -0.2) is 58.8 Å². The molecule has 0 radical (unpaired) electrons. The Labute approximate surface area is 214 Å². The number of nitrogens with one attached hydrogen (secondary N) is 1. The van der Waals surface area contributed by atoms with Crippen molar-refractivity contribution < 1.29 is 19.1 Å². The predicted octanol–water partition coefficient (Wildman–Crippen LogP) is 4.44. The summed E-state index contributed by atoms with van der Waals surface area (Å²) >= 11 is 0. The molecule has 3 aromatic carbocycles. The van der Waals surface area contributed by atoms with Gasteiger partial charge in [0.25, 0.3) is 11.8 Å². The van der Waals surface area contributed by atoms with Gasteiger partial charge in [-0.3, -0.25) is 9.59 Å². The number of likely N-dealkylation sites (tertiary alicyclic amines) is 1. The van der Waals surface area contributed by atoms with E-state index in [2.05, 4.69) is 15.4 Å². The van der Waals surface area contributed by atoms with Gasteiger partial charge < -0.3 is 19.7 Å². The second-order valence-electron chi connectivity index (χ2n) is 8.58. The number of carbonyl (C=O) groups is 2. The summed E-state index contributed by atoms with van der Waals surface area (Å²) in [6, 6.07) is 22.2. The lowest BCUT2D eigenvalue weighted by Crippen LogP contribution is -2.29. The number of methoxy groups -OCH3 is 2. The Kier molecular flexibility index (Phi) is 6.85. The number of benzene rings is 3. The fraction of sp³-hybridized carbons (Fsp3) is 0.214. The van der Waals surface area contributed by atoms with E-state index in [9.17, 15) is 9.59 Å². The van der Waals surface area contributed by atoms with Gasteiger partial charge in [-0.05, 0) is 31.0 Å². The molecule has 188 valence electrons. The number of ether oxygens (including phenoxy) is 2. The van der Waals surface area contributed by atoms with Crippen LogP contribution in [0.1, 0.15) is 33.8 Å². The molecule has 0 bridgehead atoms. The van der Waals surface area contributed by atoms with Gasteiger partial charge >= 0.3 is 0 Å². The molecule has 1 aromatic heterocycles. The molecule has 1 saturated heterocycles. The van der Waals surface area contributed by atoms with Crippen molar-refractivity contribution >= 4 is 17.5 Å². The summed E-state index contributed by atoms with van der Waals surface area (Å²) in [7, 11) is 3.01. The van der Waals surface area contributed by atoms with Crippen molar-refractivity contribution in [2.75, 3.05) is 32.6 Å². The minimum Gasteiger partial charge on any atom is -0.493 e. The zero-order valence-corrected chi connectivity index (χ0v) is 20.7. The molecular weight excluding hydrogens is 470 g/mol. The molecule has 1 aliphatic rings. The molecule has 0 spiro atoms. The summed E-state index contributed by atoms with van der Waals surface area (Å²) in [5.74, 6) is 0.565. The summed E-state index contributed by atoms with van der Waals surface area (Å²) in [6.45, 7) is 1.34. The monoisotopic (exact) mass is 497 g/mol. The average molecular weight is 498 g/mol. The van der Waals surface area contributed by atoms with Crippen molar-refractivity contribution in [2.24, 2.45) is 0 Å². The summed E-state index contributed by atoms with van der Waals surface area (Å²) in [6.07, 6.45) is 1.90. The average Bonchev–Trinajstić information content (AvgIpc) is 3.64. The van der Waals surface area contributed by atoms with E-state index in [0.717, 1.165) is 24.1 Å². The lowest BCUT2D eigenvalue weighted by molar-refractivity contribution is 0.0793. The fourth-order valence-electron chi connectivity index (χ4n) is 4.36. The van der Waals surface area contributed by atoms with E-state index in [4.69, 9.17) is 9.47 Å². The zero-order chi connectivity index (χ0) is 25.8. The van der Waals surface area contributed by atoms with Crippen LogP contribution in [0.4, 0.5) is 5.69 Å². The van der Waals surface area contributed by atoms with Gasteiger partial charge in [-0.2, -0.15) is 0 Å². The molecule has 2 heterocycles. The number of nitrogens with zero attached hydrogens (tertiary/aromatic N) is 4. The number of amides is 2. The molecule has 0 saturated carbocycles. The van der Waals surface area contributed by atoms with E-state index in [-0.39, 0.29) is 11.7 Å². The first-order valence-electron chi connectivity index (χ1n) is 12.0. The molecular formula is C28H27N5O4. The Bertz CT molecular complexity index is 1360. The quantitative estimate of drug-likeness (QED) is 0.405. The number of para-hydroxylation sites is 1. The molecule has 1 fully saturated rings. The summed E-state index contributed by atoms with van der Waals surface area (Å²) < 4.78 is 12.5. The maximum atomic E-state index is 13.4. The van der Waals surface area contributed by atoms with Crippen LogP contribution in [0.5, 0.6) is 11.5 Å². The van der Waals surface area contributed by atoms with Crippen molar-refractivity contribution in [3.05, 3.63) is 84.2 Å². The van der Waals surface area contributed by atoms with E-state index in [1.807, 2.05) is 60.7 Å². The number of hydrogen-bond donors (Lipinski definition) is 1. The second-order valence-corrected chi connectivity index (χ2v) is 8.58. The van der Waals surface area contributed by atoms with Crippen LogP contribution >= 0.6 is 0 Å². The minimum absolute atomic E-state index is 0.0305. The molecule has 0 atom stereocenters. The molecule has 1 aliphatic heterocycles. The van der Waals surface area contributed by atoms with Gasteiger partial charge in [0.2, 0.25) is 5.82 Å². The first-order valence-corrected chi connectivity index (χ1v) is 12.0. The van der Waals surface area contributed by atoms with Crippen molar-refractivity contribution in [1.29, 1.82) is 0 Å². The van der Waals surface area contributed by atoms with Crippen molar-refractivity contribution in [3.63, 3.8) is 0 Å². The fourth-order valence-corrected chi connectivity index (χ4v) is 4.36. The van der Waals surface area contributed by atoms with Crippen molar-refractivity contribution in [2.45, 2.75) is 12.8 Å². The van der Waals surface area contributed by atoms with Crippen LogP contribution in [0.2, 0.25) is 0 Å². The predicted molar refractivity (Wildman–Crippen MR) is 139 cm³/mol. The smallest absolute Gasteiger partial charge is 0.295 e. The molecule has 4 aromatic rings. The van der Waals surface area contributed by atoms with E-state index in [1.165, 1.54) is 14.2 Å². The van der Waals surface area contributed by atoms with Crippen LogP contribution in [0.15, 0.2) is 72.8 Å². The molecule has 1 N–H and O–H groups in total. The maximum Gasteiger partial charge on any atom is 0.295 e. The summed E-state index contributed by atoms with van der Waals surface area (Å²) in [4.78, 5) is 33.1. The highest BCUT2D eigenvalue weighted by Crippen LogP contribution is 2.35. The molecule has 5 rings (SSSR count). The first kappa shape index (κ1) is 24.1.